The van der Waals surface area contributed by atoms with Crippen LogP contribution in [0.3, 0.4) is 0 Å². The first-order chi connectivity index (χ1) is 7.24. The molecule has 0 radical (unpaired) electrons. The van der Waals surface area contributed by atoms with Crippen molar-refractivity contribution in [2.45, 2.75) is 32.7 Å². The molecule has 1 heterocycles. The summed E-state index contributed by atoms with van der Waals surface area (Å²) in [7, 11) is 0. The summed E-state index contributed by atoms with van der Waals surface area (Å²) in [4.78, 5) is 8.41. The predicted octanol–water partition coefficient (Wildman–Crippen LogP) is 2.48. The smallest absolute Gasteiger partial charge is 0.0759 e. The molecule has 1 aromatic rings. The molecule has 0 aromatic carbocycles. The molecule has 0 saturated heterocycles. The molecule has 0 amide bonds. The third-order valence-corrected chi connectivity index (χ3v) is 2.13. The molecule has 1 aromatic heterocycles. The zero-order chi connectivity index (χ0) is 11.1. The van der Waals surface area contributed by atoms with Gasteiger partial charge in [-0.05, 0) is 26.3 Å². The Hall–Kier alpha value is -1.22. The fourth-order valence-electron chi connectivity index (χ4n) is 1.44. The Morgan fingerprint density at radius 2 is 2.33 bits per heavy atom. The van der Waals surface area contributed by atoms with Crippen LogP contribution in [0.25, 0.3) is 0 Å². The average molecular weight is 205 g/mol. The Morgan fingerprint density at radius 1 is 1.53 bits per heavy atom. The van der Waals surface area contributed by atoms with Crippen molar-refractivity contribution >= 4 is 0 Å². The molecule has 82 valence electrons. The Labute approximate surface area is 91.7 Å². The molecule has 1 rings (SSSR count). The van der Waals surface area contributed by atoms with Gasteiger partial charge in [0.25, 0.3) is 0 Å². The molecule has 0 bridgehead atoms. The fourth-order valence-corrected chi connectivity index (χ4v) is 1.44. The van der Waals surface area contributed by atoms with Crippen LogP contribution in [0.5, 0.6) is 0 Å². The zero-order valence-corrected chi connectivity index (χ0v) is 9.53. The van der Waals surface area contributed by atoms with Gasteiger partial charge in [0.05, 0.1) is 11.7 Å². The van der Waals surface area contributed by atoms with Gasteiger partial charge in [0.2, 0.25) is 0 Å². The molecule has 0 aliphatic heterocycles. The maximum absolute atomic E-state index is 4.32. The zero-order valence-electron chi connectivity index (χ0n) is 9.53. The quantitative estimate of drug-likeness (QED) is 0.725. The summed E-state index contributed by atoms with van der Waals surface area (Å²) in [5.41, 5.74) is 2.16. The van der Waals surface area contributed by atoms with Crippen LogP contribution in [-0.2, 0) is 0 Å². The van der Waals surface area contributed by atoms with E-state index in [0.29, 0.717) is 0 Å². The highest BCUT2D eigenvalue weighted by molar-refractivity contribution is 5.07. The second kappa shape index (κ2) is 6.30. The van der Waals surface area contributed by atoms with E-state index in [1.807, 2.05) is 13.1 Å². The van der Waals surface area contributed by atoms with Gasteiger partial charge in [-0.1, -0.05) is 12.5 Å². The van der Waals surface area contributed by atoms with E-state index in [0.717, 1.165) is 30.7 Å². The van der Waals surface area contributed by atoms with Gasteiger partial charge in [0, 0.05) is 18.6 Å². The third kappa shape index (κ3) is 4.21. The number of hydrogen-bond acceptors (Lipinski definition) is 3. The van der Waals surface area contributed by atoms with Gasteiger partial charge in [-0.2, -0.15) is 0 Å². The van der Waals surface area contributed by atoms with Crippen LogP contribution in [0.15, 0.2) is 30.7 Å². The van der Waals surface area contributed by atoms with Crippen molar-refractivity contribution < 1.29 is 0 Å². The van der Waals surface area contributed by atoms with Crippen molar-refractivity contribution in [1.29, 1.82) is 0 Å². The summed E-state index contributed by atoms with van der Waals surface area (Å²) in [6.07, 6.45) is 7.28. The molecule has 0 saturated carbocycles. The van der Waals surface area contributed by atoms with Crippen molar-refractivity contribution in [3.63, 3.8) is 0 Å². The standard InChI is InChI=1S/C12H19N3/c1-4-5-14-11(8-10(2)3)12-9-13-6-7-15-12/h6-7,9,11,14H,2,4-5,8H2,1,3H3. The summed E-state index contributed by atoms with van der Waals surface area (Å²) < 4.78 is 0. The molecule has 0 aliphatic rings. The first kappa shape index (κ1) is 11.9. The van der Waals surface area contributed by atoms with Crippen molar-refractivity contribution in [3.05, 3.63) is 36.4 Å². The summed E-state index contributed by atoms with van der Waals surface area (Å²) in [6, 6.07) is 0.246. The summed E-state index contributed by atoms with van der Waals surface area (Å²) in [5.74, 6) is 0. The second-order valence-electron chi connectivity index (χ2n) is 3.80. The van der Waals surface area contributed by atoms with Gasteiger partial charge in [0.1, 0.15) is 0 Å². The van der Waals surface area contributed by atoms with E-state index in [-0.39, 0.29) is 6.04 Å². The lowest BCUT2D eigenvalue weighted by Crippen LogP contribution is -2.23. The van der Waals surface area contributed by atoms with E-state index < -0.39 is 0 Å². The van der Waals surface area contributed by atoms with Gasteiger partial charge < -0.3 is 5.32 Å². The lowest BCUT2D eigenvalue weighted by atomic mass is 10.1. The Balaban J connectivity index is 2.67. The van der Waals surface area contributed by atoms with Crippen molar-refractivity contribution in [1.82, 2.24) is 15.3 Å². The number of nitrogens with one attached hydrogen (secondary N) is 1. The van der Waals surface area contributed by atoms with Crippen LogP contribution in [0.4, 0.5) is 0 Å². The molecular weight excluding hydrogens is 186 g/mol. The monoisotopic (exact) mass is 205 g/mol. The number of hydrogen-bond donors (Lipinski definition) is 1. The van der Waals surface area contributed by atoms with Crippen LogP contribution in [0.1, 0.15) is 38.4 Å². The number of nitrogens with zero attached hydrogens (tertiary/aromatic N) is 2. The lowest BCUT2D eigenvalue weighted by molar-refractivity contribution is 0.515. The fraction of sp³-hybridized carbons (Fsp3) is 0.500. The highest BCUT2D eigenvalue weighted by atomic mass is 14.9. The van der Waals surface area contributed by atoms with E-state index in [1.54, 1.807) is 12.4 Å². The third-order valence-electron chi connectivity index (χ3n) is 2.13. The van der Waals surface area contributed by atoms with Gasteiger partial charge in [-0.15, -0.1) is 6.58 Å². The molecule has 0 spiro atoms. The van der Waals surface area contributed by atoms with Crippen LogP contribution >= 0.6 is 0 Å². The molecule has 0 fully saturated rings. The van der Waals surface area contributed by atoms with E-state index in [4.69, 9.17) is 0 Å². The van der Waals surface area contributed by atoms with Gasteiger partial charge >= 0.3 is 0 Å². The lowest BCUT2D eigenvalue weighted by Gasteiger charge is -2.17. The Morgan fingerprint density at radius 3 is 2.87 bits per heavy atom. The van der Waals surface area contributed by atoms with Crippen molar-refractivity contribution in [3.8, 4) is 0 Å². The second-order valence-corrected chi connectivity index (χ2v) is 3.80. The highest BCUT2D eigenvalue weighted by Gasteiger charge is 2.11. The minimum Gasteiger partial charge on any atom is -0.308 e. The van der Waals surface area contributed by atoms with Gasteiger partial charge in [0.15, 0.2) is 0 Å². The summed E-state index contributed by atoms with van der Waals surface area (Å²) in [5, 5.41) is 3.45. The number of aromatic nitrogens is 2. The highest BCUT2D eigenvalue weighted by Crippen LogP contribution is 2.17. The van der Waals surface area contributed by atoms with E-state index in [9.17, 15) is 0 Å². The molecule has 15 heavy (non-hydrogen) atoms. The first-order valence-electron chi connectivity index (χ1n) is 5.37. The van der Waals surface area contributed by atoms with Gasteiger partial charge in [-0.25, -0.2) is 0 Å². The summed E-state index contributed by atoms with van der Waals surface area (Å²) in [6.45, 7) is 9.13. The van der Waals surface area contributed by atoms with E-state index in [1.165, 1.54) is 0 Å². The van der Waals surface area contributed by atoms with Crippen LogP contribution < -0.4 is 5.32 Å². The normalized spacial score (nSPS) is 12.4. The molecule has 0 aliphatic carbocycles. The minimum absolute atomic E-state index is 0.246. The molecular formula is C12H19N3. The SMILES string of the molecule is C=C(C)CC(NCCC)c1cnccn1. The Kier molecular flexibility index (Phi) is 4.98. The van der Waals surface area contributed by atoms with Crippen molar-refractivity contribution in [2.75, 3.05) is 6.54 Å². The first-order valence-corrected chi connectivity index (χ1v) is 5.37. The molecule has 3 nitrogen and oxygen atoms in total. The number of rotatable bonds is 6. The largest absolute Gasteiger partial charge is 0.308 e. The molecule has 1 N–H and O–H groups in total. The maximum Gasteiger partial charge on any atom is 0.0759 e. The van der Waals surface area contributed by atoms with Crippen LogP contribution in [0.2, 0.25) is 0 Å². The average Bonchev–Trinajstić information content (AvgIpc) is 2.25. The molecule has 3 heteroatoms. The van der Waals surface area contributed by atoms with Gasteiger partial charge in [-0.3, -0.25) is 9.97 Å². The Bertz CT molecular complexity index is 295. The minimum atomic E-state index is 0.246. The topological polar surface area (TPSA) is 37.8 Å². The predicted molar refractivity (Wildman–Crippen MR) is 62.5 cm³/mol. The summed E-state index contributed by atoms with van der Waals surface area (Å²) >= 11 is 0. The van der Waals surface area contributed by atoms with Crippen molar-refractivity contribution in [2.24, 2.45) is 0 Å². The molecule has 1 unspecified atom stereocenters. The maximum atomic E-state index is 4.32. The molecule has 1 atom stereocenters. The van der Waals surface area contributed by atoms with E-state index >= 15 is 0 Å². The van der Waals surface area contributed by atoms with Crippen LogP contribution in [-0.4, -0.2) is 16.5 Å². The van der Waals surface area contributed by atoms with E-state index in [2.05, 4.69) is 28.8 Å². The van der Waals surface area contributed by atoms with Crippen LogP contribution in [0, 0.1) is 0 Å².